The highest BCUT2D eigenvalue weighted by molar-refractivity contribution is 6.19. The van der Waals surface area contributed by atoms with E-state index in [1.54, 1.807) is 12.1 Å². The lowest BCUT2D eigenvalue weighted by atomic mass is 9.56. The van der Waals surface area contributed by atoms with Gasteiger partial charge in [0.2, 0.25) is 11.9 Å². The van der Waals surface area contributed by atoms with E-state index in [2.05, 4.69) is 39.1 Å². The predicted octanol–water partition coefficient (Wildman–Crippen LogP) is 5.43. The maximum absolute atomic E-state index is 13.3. The fourth-order valence-corrected chi connectivity index (χ4v) is 9.55. The molecule has 47 heavy (non-hydrogen) atoms. The van der Waals surface area contributed by atoms with Gasteiger partial charge in [-0.2, -0.15) is 0 Å². The zero-order valence-electron chi connectivity index (χ0n) is 28.3. The number of rotatable bonds is 5. The van der Waals surface area contributed by atoms with Crippen molar-refractivity contribution in [2.24, 2.45) is 47.3 Å². The summed E-state index contributed by atoms with van der Waals surface area (Å²) in [5.41, 5.74) is 1.69. The molecular weight excluding hydrogens is 602 g/mol. The third-order valence-electron chi connectivity index (χ3n) is 12.2. The molecule has 10 nitrogen and oxygen atoms in total. The summed E-state index contributed by atoms with van der Waals surface area (Å²) in [6.07, 6.45) is 4.21. The van der Waals surface area contributed by atoms with Crippen molar-refractivity contribution in [3.63, 3.8) is 0 Å². The van der Waals surface area contributed by atoms with Gasteiger partial charge in [0, 0.05) is 31.4 Å². The smallest absolute Gasteiger partial charge is 0.261 e. The SMILES string of the molecule is COC1C(=O)NC(=C(O)[C@@H]2[C@H]3[C@@H](C)[C@H](O)CC[C@H]3C=C(C)[C@H]2C[C@@H]2O[C@]3(CC[C@@H](C)[C@H](c4cc(O)cc(O)c4)O3)[C@H](C)C[C@H]2C)C1=O. The van der Waals surface area contributed by atoms with E-state index >= 15 is 0 Å². The van der Waals surface area contributed by atoms with Crippen molar-refractivity contribution >= 4 is 11.7 Å². The number of phenols is 2. The lowest BCUT2D eigenvalue weighted by Crippen LogP contribution is -2.55. The molecule has 5 N–H and O–H groups in total. The van der Waals surface area contributed by atoms with Crippen LogP contribution in [0, 0.1) is 47.3 Å². The molecule has 1 aromatic carbocycles. The highest BCUT2D eigenvalue weighted by atomic mass is 16.7. The standard InChI is InChI=1S/C37H51NO9/c1-17-9-10-37(47-34(17)23-13-24(39)15-25(40)14-23)20(4)11-19(3)28(46-37)16-26-18(2)12-22-7-8-27(41)21(5)29(22)30(26)32(42)31-33(43)35(45-6)36(44)38-31/h12-15,17,19-22,26-30,34-35,39-42H,7-11,16H2,1-6H3,(H,38,44)/t17-,19-,20-,21+,22+,26-,27-,28+,29+,30+,34-,35?,37+/m1/s1. The van der Waals surface area contributed by atoms with Gasteiger partial charge >= 0.3 is 0 Å². The van der Waals surface area contributed by atoms with Gasteiger partial charge in [-0.3, -0.25) is 9.59 Å². The fourth-order valence-electron chi connectivity index (χ4n) is 9.55. The van der Waals surface area contributed by atoms with E-state index < -0.39 is 35.6 Å². The number of ketones is 1. The Bertz CT molecular complexity index is 1430. The number of benzene rings is 1. The van der Waals surface area contributed by atoms with Crippen molar-refractivity contribution in [3.8, 4) is 11.5 Å². The molecule has 1 saturated carbocycles. The molecule has 1 aromatic rings. The number of allylic oxidation sites excluding steroid dienone is 3. The van der Waals surface area contributed by atoms with Crippen LogP contribution >= 0.6 is 0 Å². The Hall–Kier alpha value is -2.92. The monoisotopic (exact) mass is 653 g/mol. The normalized spacial score (nSPS) is 43.3. The quantitative estimate of drug-likeness (QED) is 0.121. The lowest BCUT2D eigenvalue weighted by Gasteiger charge is -2.54. The summed E-state index contributed by atoms with van der Waals surface area (Å²) >= 11 is 0. The number of aromatic hydroxyl groups is 2. The zero-order chi connectivity index (χ0) is 33.9. The molecule has 3 saturated heterocycles. The first-order valence-corrected chi connectivity index (χ1v) is 17.3. The molecule has 258 valence electrons. The van der Waals surface area contributed by atoms with Gasteiger partial charge in [-0.05, 0) is 92.2 Å². The zero-order valence-corrected chi connectivity index (χ0v) is 28.3. The van der Waals surface area contributed by atoms with Gasteiger partial charge in [-0.15, -0.1) is 0 Å². The van der Waals surface area contributed by atoms with Gasteiger partial charge in [-0.25, -0.2) is 0 Å². The predicted molar refractivity (Wildman–Crippen MR) is 173 cm³/mol. The van der Waals surface area contributed by atoms with Crippen LogP contribution in [0.3, 0.4) is 0 Å². The summed E-state index contributed by atoms with van der Waals surface area (Å²) in [4.78, 5) is 25.9. The van der Waals surface area contributed by atoms with Crippen LogP contribution in [0.4, 0.5) is 0 Å². The molecule has 1 unspecified atom stereocenters. The molecule has 0 radical (unpaired) electrons. The van der Waals surface area contributed by atoms with Crippen molar-refractivity contribution in [1.82, 2.24) is 5.32 Å². The number of fused-ring (bicyclic) bond motifs is 1. The molecule has 3 aliphatic heterocycles. The number of ether oxygens (including phenoxy) is 3. The molecule has 6 rings (SSSR count). The third-order valence-corrected chi connectivity index (χ3v) is 12.2. The van der Waals surface area contributed by atoms with Crippen molar-refractivity contribution in [2.75, 3.05) is 7.11 Å². The number of aliphatic hydroxyl groups is 2. The number of Topliss-reactive ketones (excluding diaryl/α,β-unsaturated/α-hetero) is 1. The van der Waals surface area contributed by atoms with E-state index in [4.69, 9.17) is 14.2 Å². The number of hydrogen-bond acceptors (Lipinski definition) is 9. The average Bonchev–Trinajstić information content (AvgIpc) is 3.31. The summed E-state index contributed by atoms with van der Waals surface area (Å²) in [5, 5.41) is 46.1. The molecule has 5 aliphatic rings. The Morgan fingerprint density at radius 2 is 1.72 bits per heavy atom. The minimum absolute atomic E-state index is 0.0202. The van der Waals surface area contributed by atoms with Crippen LogP contribution in [0.5, 0.6) is 11.5 Å². The Morgan fingerprint density at radius 3 is 2.38 bits per heavy atom. The maximum Gasteiger partial charge on any atom is 0.261 e. The summed E-state index contributed by atoms with van der Waals surface area (Å²) in [5.74, 6) is -2.76. The topological polar surface area (TPSA) is 155 Å². The van der Waals surface area contributed by atoms with Gasteiger partial charge in [0.1, 0.15) is 23.0 Å². The second-order valence-electron chi connectivity index (χ2n) is 15.2. The molecule has 10 heteroatoms. The molecule has 1 amide bonds. The van der Waals surface area contributed by atoms with Crippen LogP contribution in [0.2, 0.25) is 0 Å². The Kier molecular flexibility index (Phi) is 9.28. The van der Waals surface area contributed by atoms with Crippen LogP contribution in [0.1, 0.15) is 84.8 Å². The van der Waals surface area contributed by atoms with Crippen molar-refractivity contribution in [2.45, 2.75) is 103 Å². The fraction of sp³-hybridized carbons (Fsp3) is 0.676. The molecule has 13 atom stereocenters. The first-order chi connectivity index (χ1) is 22.2. The maximum atomic E-state index is 13.3. The number of phenolic OH excluding ortho intramolecular Hbond substituents is 2. The van der Waals surface area contributed by atoms with E-state index in [0.717, 1.165) is 24.8 Å². The largest absolute Gasteiger partial charge is 0.510 e. The second-order valence-corrected chi connectivity index (χ2v) is 15.2. The molecule has 2 aliphatic carbocycles. The van der Waals surface area contributed by atoms with Crippen molar-refractivity contribution in [3.05, 3.63) is 46.9 Å². The number of carbonyl (C=O) groups is 2. The highest BCUT2D eigenvalue weighted by Crippen LogP contribution is 2.55. The third kappa shape index (κ3) is 6.00. The molecular formula is C37H51NO9. The number of nitrogens with one attached hydrogen (secondary N) is 1. The lowest BCUT2D eigenvalue weighted by molar-refractivity contribution is -0.356. The Labute approximate surface area is 277 Å². The first kappa shape index (κ1) is 34.0. The van der Waals surface area contributed by atoms with E-state index in [0.29, 0.717) is 24.8 Å². The number of amides is 1. The van der Waals surface area contributed by atoms with E-state index in [-0.39, 0.29) is 76.6 Å². The van der Waals surface area contributed by atoms with E-state index in [9.17, 15) is 30.0 Å². The van der Waals surface area contributed by atoms with E-state index in [1.165, 1.54) is 13.2 Å². The molecule has 1 spiro atoms. The molecule has 0 aromatic heterocycles. The first-order valence-electron chi connectivity index (χ1n) is 17.3. The van der Waals surface area contributed by atoms with Crippen LogP contribution in [0.25, 0.3) is 0 Å². The highest BCUT2D eigenvalue weighted by Gasteiger charge is 2.54. The summed E-state index contributed by atoms with van der Waals surface area (Å²) in [6, 6.07) is 4.58. The van der Waals surface area contributed by atoms with Gasteiger partial charge in [0.25, 0.3) is 5.91 Å². The Morgan fingerprint density at radius 1 is 1.02 bits per heavy atom. The second kappa shape index (κ2) is 12.8. The summed E-state index contributed by atoms with van der Waals surface area (Å²) in [6.45, 7) is 10.5. The molecule has 3 heterocycles. The number of carbonyl (C=O) groups excluding carboxylic acids is 2. The van der Waals surface area contributed by atoms with Crippen molar-refractivity contribution < 1.29 is 44.2 Å². The van der Waals surface area contributed by atoms with Crippen LogP contribution in [-0.4, -0.2) is 63.3 Å². The van der Waals surface area contributed by atoms with Gasteiger partial charge < -0.3 is 40.0 Å². The average molecular weight is 654 g/mol. The van der Waals surface area contributed by atoms with E-state index in [1.807, 2.05) is 6.92 Å². The number of hydrogen-bond donors (Lipinski definition) is 5. The molecule has 4 fully saturated rings. The number of methoxy groups -OCH3 is 1. The Balaban J connectivity index is 1.34. The minimum atomic E-state index is -1.30. The van der Waals surface area contributed by atoms with Gasteiger partial charge in [-0.1, -0.05) is 39.3 Å². The van der Waals surface area contributed by atoms with Crippen LogP contribution in [-0.2, 0) is 23.8 Å². The van der Waals surface area contributed by atoms with Crippen molar-refractivity contribution in [1.29, 1.82) is 0 Å². The van der Waals surface area contributed by atoms with Gasteiger partial charge in [0.15, 0.2) is 5.79 Å². The van der Waals surface area contributed by atoms with Crippen LogP contribution < -0.4 is 5.32 Å². The summed E-state index contributed by atoms with van der Waals surface area (Å²) < 4.78 is 19.1. The van der Waals surface area contributed by atoms with Gasteiger partial charge in [0.05, 0.1) is 18.3 Å². The van der Waals surface area contributed by atoms with Crippen LogP contribution in [0.15, 0.2) is 41.3 Å². The molecule has 0 bridgehead atoms. The minimum Gasteiger partial charge on any atom is -0.510 e. The summed E-state index contributed by atoms with van der Waals surface area (Å²) in [7, 11) is 1.30. The number of aliphatic hydroxyl groups excluding tert-OH is 2.